The van der Waals surface area contributed by atoms with Gasteiger partial charge in [-0.1, -0.05) is 23.7 Å². The van der Waals surface area contributed by atoms with Gasteiger partial charge in [0.15, 0.2) is 6.61 Å². The van der Waals surface area contributed by atoms with Gasteiger partial charge in [-0.3, -0.25) is 24.5 Å². The van der Waals surface area contributed by atoms with E-state index in [4.69, 9.17) is 16.3 Å². The van der Waals surface area contributed by atoms with Gasteiger partial charge in [0.25, 0.3) is 11.6 Å². The summed E-state index contributed by atoms with van der Waals surface area (Å²) in [5.41, 5.74) is 1.40. The lowest BCUT2D eigenvalue weighted by molar-refractivity contribution is -0.384. The number of anilines is 2. The van der Waals surface area contributed by atoms with E-state index in [1.54, 1.807) is 25.1 Å². The van der Waals surface area contributed by atoms with Crippen molar-refractivity contribution in [1.29, 1.82) is 0 Å². The highest BCUT2D eigenvalue weighted by Gasteiger charge is 2.37. The standard InChI is InChI=1S/C20H18ClN3O6/c1-12-16(21)6-3-7-17(12)23-10-13(8-19(23)26)20(27)30-11-18(25)22-14-4-2-5-15(9-14)24(28)29/h2-7,9,13H,8,10-11H2,1H3,(H,22,25)/t13-/m0/s1. The first-order valence-electron chi connectivity index (χ1n) is 9.02. The number of amides is 2. The molecule has 30 heavy (non-hydrogen) atoms. The second-order valence-corrected chi connectivity index (χ2v) is 7.16. The summed E-state index contributed by atoms with van der Waals surface area (Å²) in [5.74, 6) is -2.25. The van der Waals surface area contributed by atoms with E-state index in [2.05, 4.69) is 5.32 Å². The summed E-state index contributed by atoms with van der Waals surface area (Å²) in [6, 6.07) is 10.6. The van der Waals surface area contributed by atoms with Crippen LogP contribution in [0.5, 0.6) is 0 Å². The fraction of sp³-hybridized carbons (Fsp3) is 0.250. The van der Waals surface area contributed by atoms with Crippen LogP contribution in [0.1, 0.15) is 12.0 Å². The maximum Gasteiger partial charge on any atom is 0.311 e. The first-order valence-corrected chi connectivity index (χ1v) is 9.40. The molecular formula is C20H18ClN3O6. The summed E-state index contributed by atoms with van der Waals surface area (Å²) in [7, 11) is 0. The summed E-state index contributed by atoms with van der Waals surface area (Å²) in [4.78, 5) is 48.4. The highest BCUT2D eigenvalue weighted by molar-refractivity contribution is 6.31. The molecule has 10 heteroatoms. The Labute approximate surface area is 176 Å². The van der Waals surface area contributed by atoms with Gasteiger partial charge in [0.1, 0.15) is 0 Å². The van der Waals surface area contributed by atoms with E-state index in [9.17, 15) is 24.5 Å². The van der Waals surface area contributed by atoms with Crippen molar-refractivity contribution in [1.82, 2.24) is 0 Å². The molecule has 0 aliphatic carbocycles. The van der Waals surface area contributed by atoms with Crippen LogP contribution >= 0.6 is 11.6 Å². The summed E-state index contributed by atoms with van der Waals surface area (Å²) >= 11 is 6.11. The number of nitro groups is 1. The van der Waals surface area contributed by atoms with Crippen LogP contribution in [-0.4, -0.2) is 35.9 Å². The Balaban J connectivity index is 1.56. The van der Waals surface area contributed by atoms with Gasteiger partial charge in [0, 0.05) is 41.5 Å². The molecule has 9 nitrogen and oxygen atoms in total. The van der Waals surface area contributed by atoms with E-state index < -0.39 is 29.3 Å². The number of nitro benzene ring substituents is 1. The van der Waals surface area contributed by atoms with Crippen molar-refractivity contribution in [3.63, 3.8) is 0 Å². The lowest BCUT2D eigenvalue weighted by Gasteiger charge is -2.19. The second-order valence-electron chi connectivity index (χ2n) is 6.75. The molecule has 1 aliphatic heterocycles. The number of ether oxygens (including phenoxy) is 1. The molecular weight excluding hydrogens is 414 g/mol. The number of hydrogen-bond donors (Lipinski definition) is 1. The molecule has 1 aliphatic rings. The van der Waals surface area contributed by atoms with Crippen molar-refractivity contribution in [2.24, 2.45) is 5.92 Å². The molecule has 0 aromatic heterocycles. The van der Waals surface area contributed by atoms with Gasteiger partial charge in [0.2, 0.25) is 5.91 Å². The summed E-state index contributed by atoms with van der Waals surface area (Å²) in [5, 5.41) is 13.7. The smallest absolute Gasteiger partial charge is 0.311 e. The van der Waals surface area contributed by atoms with Crippen LogP contribution in [-0.2, 0) is 19.1 Å². The molecule has 1 atom stereocenters. The van der Waals surface area contributed by atoms with E-state index in [-0.39, 0.29) is 30.2 Å². The third-order valence-electron chi connectivity index (χ3n) is 4.67. The Morgan fingerprint density at radius 1 is 1.30 bits per heavy atom. The summed E-state index contributed by atoms with van der Waals surface area (Å²) in [6.07, 6.45) is -0.0305. The van der Waals surface area contributed by atoms with Gasteiger partial charge in [-0.05, 0) is 30.7 Å². The van der Waals surface area contributed by atoms with E-state index in [1.165, 1.54) is 29.2 Å². The third-order valence-corrected chi connectivity index (χ3v) is 5.08. The predicted octanol–water partition coefficient (Wildman–Crippen LogP) is 3.09. The van der Waals surface area contributed by atoms with E-state index in [0.29, 0.717) is 10.7 Å². The normalized spacial score (nSPS) is 15.7. The third kappa shape index (κ3) is 4.74. The van der Waals surface area contributed by atoms with Crippen LogP contribution in [0.2, 0.25) is 5.02 Å². The fourth-order valence-corrected chi connectivity index (χ4v) is 3.31. The van der Waals surface area contributed by atoms with Crippen molar-refractivity contribution in [2.45, 2.75) is 13.3 Å². The minimum Gasteiger partial charge on any atom is -0.455 e. The molecule has 2 amide bonds. The number of benzene rings is 2. The quantitative estimate of drug-likeness (QED) is 0.426. The van der Waals surface area contributed by atoms with Crippen LogP contribution < -0.4 is 10.2 Å². The van der Waals surface area contributed by atoms with Crippen molar-refractivity contribution in [2.75, 3.05) is 23.4 Å². The molecule has 0 saturated carbocycles. The van der Waals surface area contributed by atoms with E-state index in [1.807, 2.05) is 0 Å². The zero-order chi connectivity index (χ0) is 21.8. The molecule has 0 bridgehead atoms. The highest BCUT2D eigenvalue weighted by Crippen LogP contribution is 2.31. The second kappa shape index (κ2) is 8.91. The Hall–Kier alpha value is -3.46. The SMILES string of the molecule is Cc1c(Cl)cccc1N1C[C@@H](C(=O)OCC(=O)Nc2cccc([N+](=O)[O-])c2)CC1=O. The van der Waals surface area contributed by atoms with Gasteiger partial charge in [0.05, 0.1) is 10.8 Å². The molecule has 0 spiro atoms. The van der Waals surface area contributed by atoms with Gasteiger partial charge < -0.3 is 15.0 Å². The Bertz CT molecular complexity index is 1030. The molecule has 2 aromatic rings. The minimum atomic E-state index is -0.707. The van der Waals surface area contributed by atoms with Crippen LogP contribution in [0.4, 0.5) is 17.1 Å². The Kier molecular flexibility index (Phi) is 6.31. The van der Waals surface area contributed by atoms with Gasteiger partial charge in [-0.2, -0.15) is 0 Å². The maximum atomic E-state index is 12.4. The largest absolute Gasteiger partial charge is 0.455 e. The molecule has 3 rings (SSSR count). The number of rotatable bonds is 6. The summed E-state index contributed by atoms with van der Waals surface area (Å²) < 4.78 is 5.03. The number of nitrogens with one attached hydrogen (secondary N) is 1. The molecule has 156 valence electrons. The predicted molar refractivity (Wildman–Crippen MR) is 109 cm³/mol. The number of carbonyl (C=O) groups is 3. The fourth-order valence-electron chi connectivity index (χ4n) is 3.14. The molecule has 1 N–H and O–H groups in total. The number of nitrogens with zero attached hydrogens (tertiary/aromatic N) is 2. The highest BCUT2D eigenvalue weighted by atomic mass is 35.5. The van der Waals surface area contributed by atoms with Crippen LogP contribution in [0, 0.1) is 23.0 Å². The van der Waals surface area contributed by atoms with E-state index >= 15 is 0 Å². The zero-order valence-electron chi connectivity index (χ0n) is 16.0. The molecule has 2 aromatic carbocycles. The zero-order valence-corrected chi connectivity index (χ0v) is 16.7. The lowest BCUT2D eigenvalue weighted by Crippen LogP contribution is -2.28. The molecule has 0 radical (unpaired) electrons. The van der Waals surface area contributed by atoms with Gasteiger partial charge >= 0.3 is 5.97 Å². The van der Waals surface area contributed by atoms with Crippen molar-refractivity contribution < 1.29 is 24.0 Å². The molecule has 1 heterocycles. The molecule has 0 unspecified atom stereocenters. The Morgan fingerprint density at radius 2 is 2.03 bits per heavy atom. The number of carbonyl (C=O) groups excluding carboxylic acids is 3. The first kappa shape index (κ1) is 21.3. The van der Waals surface area contributed by atoms with Crippen molar-refractivity contribution in [3.05, 3.63) is 63.2 Å². The lowest BCUT2D eigenvalue weighted by atomic mass is 10.1. The average Bonchev–Trinajstić information content (AvgIpc) is 3.10. The van der Waals surface area contributed by atoms with E-state index in [0.717, 1.165) is 5.56 Å². The minimum absolute atomic E-state index is 0.0305. The number of halogens is 1. The van der Waals surface area contributed by atoms with Crippen molar-refractivity contribution >= 4 is 46.4 Å². The van der Waals surface area contributed by atoms with Gasteiger partial charge in [-0.15, -0.1) is 0 Å². The van der Waals surface area contributed by atoms with Crippen LogP contribution in [0.25, 0.3) is 0 Å². The number of hydrogen-bond acceptors (Lipinski definition) is 6. The summed E-state index contributed by atoms with van der Waals surface area (Å²) in [6.45, 7) is 1.35. The molecule has 1 fully saturated rings. The average molecular weight is 432 g/mol. The van der Waals surface area contributed by atoms with Crippen molar-refractivity contribution in [3.8, 4) is 0 Å². The maximum absolute atomic E-state index is 12.4. The monoisotopic (exact) mass is 431 g/mol. The Morgan fingerprint density at radius 3 is 2.77 bits per heavy atom. The van der Waals surface area contributed by atoms with Crippen LogP contribution in [0.3, 0.4) is 0 Å². The first-order chi connectivity index (χ1) is 14.3. The molecule has 1 saturated heterocycles. The van der Waals surface area contributed by atoms with Gasteiger partial charge in [-0.25, -0.2) is 0 Å². The number of esters is 1. The van der Waals surface area contributed by atoms with Crippen LogP contribution in [0.15, 0.2) is 42.5 Å². The number of non-ortho nitro benzene ring substituents is 1. The topological polar surface area (TPSA) is 119 Å².